The van der Waals surface area contributed by atoms with E-state index in [9.17, 15) is 9.59 Å². The largest absolute Gasteiger partial charge is 0.496 e. The number of ether oxygens (including phenoxy) is 2. The molecule has 0 spiro atoms. The van der Waals surface area contributed by atoms with E-state index in [1.54, 1.807) is 31.4 Å². The van der Waals surface area contributed by atoms with Gasteiger partial charge in [-0.15, -0.1) is 0 Å². The van der Waals surface area contributed by atoms with E-state index in [0.717, 1.165) is 37.1 Å². The number of amides is 1. The van der Waals surface area contributed by atoms with Crippen molar-refractivity contribution in [3.8, 4) is 5.75 Å². The second-order valence-electron chi connectivity index (χ2n) is 6.46. The van der Waals surface area contributed by atoms with Gasteiger partial charge >= 0.3 is 5.97 Å². The molecule has 0 unspecified atom stereocenters. The Kier molecular flexibility index (Phi) is 5.56. The second-order valence-corrected chi connectivity index (χ2v) is 6.46. The molecule has 5 nitrogen and oxygen atoms in total. The van der Waals surface area contributed by atoms with Crippen LogP contribution in [0.25, 0.3) is 0 Å². The third-order valence-corrected chi connectivity index (χ3v) is 4.61. The Morgan fingerprint density at radius 1 is 1.00 bits per heavy atom. The lowest BCUT2D eigenvalue weighted by atomic mass is 10.1. The van der Waals surface area contributed by atoms with Gasteiger partial charge in [0, 0.05) is 18.7 Å². The molecule has 2 aromatic rings. The van der Waals surface area contributed by atoms with Crippen LogP contribution in [0.2, 0.25) is 0 Å². The average molecular weight is 353 g/mol. The highest BCUT2D eigenvalue weighted by molar-refractivity contribution is 5.94. The Morgan fingerprint density at radius 3 is 2.31 bits per heavy atom. The van der Waals surface area contributed by atoms with Gasteiger partial charge in [-0.2, -0.15) is 0 Å². The summed E-state index contributed by atoms with van der Waals surface area (Å²) < 4.78 is 10.6. The number of rotatable bonds is 5. The minimum atomic E-state index is -0.402. The molecule has 0 bridgehead atoms. The molecule has 0 saturated carbocycles. The molecule has 0 atom stereocenters. The summed E-state index contributed by atoms with van der Waals surface area (Å²) in [5.74, 6) is 0.322. The Morgan fingerprint density at radius 2 is 1.65 bits per heavy atom. The Bertz CT molecular complexity index is 792. The smallest absolute Gasteiger partial charge is 0.338 e. The molecule has 0 N–H and O–H groups in total. The summed E-state index contributed by atoms with van der Waals surface area (Å²) in [7, 11) is 1.57. The lowest BCUT2D eigenvalue weighted by molar-refractivity contribution is 0.0472. The molecule has 1 fully saturated rings. The summed E-state index contributed by atoms with van der Waals surface area (Å²) in [5, 5.41) is 0. The van der Waals surface area contributed by atoms with E-state index in [0.29, 0.717) is 16.9 Å². The highest BCUT2D eigenvalue weighted by Crippen LogP contribution is 2.20. The highest BCUT2D eigenvalue weighted by Gasteiger charge is 2.19. The first-order valence-electron chi connectivity index (χ1n) is 8.78. The third kappa shape index (κ3) is 4.04. The molecule has 5 heteroatoms. The number of hydrogen-bond acceptors (Lipinski definition) is 4. The van der Waals surface area contributed by atoms with Gasteiger partial charge in [0.05, 0.1) is 12.7 Å². The van der Waals surface area contributed by atoms with Crippen LogP contribution in [-0.2, 0) is 11.3 Å². The lowest BCUT2D eigenvalue weighted by Gasteiger charge is -2.15. The molecule has 1 heterocycles. The van der Waals surface area contributed by atoms with Crippen molar-refractivity contribution >= 4 is 11.9 Å². The molecule has 1 aliphatic rings. The number of methoxy groups -OCH3 is 1. The number of esters is 1. The zero-order chi connectivity index (χ0) is 18.5. The van der Waals surface area contributed by atoms with E-state index in [4.69, 9.17) is 9.47 Å². The SMILES string of the molecule is COc1cc(C(=O)OCc2ccc(C(=O)N3CCCC3)cc2)ccc1C. The van der Waals surface area contributed by atoms with Gasteiger partial charge in [0.25, 0.3) is 5.91 Å². The fourth-order valence-electron chi connectivity index (χ4n) is 3.03. The Labute approximate surface area is 153 Å². The van der Waals surface area contributed by atoms with E-state index in [2.05, 4.69) is 0 Å². The summed E-state index contributed by atoms with van der Waals surface area (Å²) in [6.45, 7) is 3.74. The van der Waals surface area contributed by atoms with Crippen molar-refractivity contribution in [2.75, 3.05) is 20.2 Å². The summed E-state index contributed by atoms with van der Waals surface area (Å²) in [5.41, 5.74) is 2.93. The maximum Gasteiger partial charge on any atom is 0.338 e. The van der Waals surface area contributed by atoms with Crippen molar-refractivity contribution in [3.63, 3.8) is 0 Å². The fraction of sp³-hybridized carbons (Fsp3) is 0.333. The number of carbonyl (C=O) groups is 2. The molecular formula is C21H23NO4. The first kappa shape index (κ1) is 18.0. The lowest BCUT2D eigenvalue weighted by Crippen LogP contribution is -2.27. The number of aryl methyl sites for hydroxylation is 1. The number of benzene rings is 2. The van der Waals surface area contributed by atoms with E-state index < -0.39 is 5.97 Å². The van der Waals surface area contributed by atoms with Crippen molar-refractivity contribution in [2.45, 2.75) is 26.4 Å². The van der Waals surface area contributed by atoms with Gasteiger partial charge in [-0.1, -0.05) is 18.2 Å². The molecule has 1 aliphatic heterocycles. The average Bonchev–Trinajstić information content (AvgIpc) is 3.21. The predicted octanol–water partition coefficient (Wildman–Crippen LogP) is 3.60. The van der Waals surface area contributed by atoms with E-state index in [1.165, 1.54) is 0 Å². The van der Waals surface area contributed by atoms with Crippen LogP contribution < -0.4 is 4.74 Å². The Hall–Kier alpha value is -2.82. The molecule has 2 aromatic carbocycles. The second kappa shape index (κ2) is 8.04. The van der Waals surface area contributed by atoms with Crippen LogP contribution in [0.5, 0.6) is 5.75 Å². The molecule has 0 radical (unpaired) electrons. The van der Waals surface area contributed by atoms with Crippen molar-refractivity contribution in [3.05, 3.63) is 64.7 Å². The number of hydrogen-bond donors (Lipinski definition) is 0. The predicted molar refractivity (Wildman–Crippen MR) is 98.4 cm³/mol. The zero-order valence-corrected chi connectivity index (χ0v) is 15.2. The number of nitrogens with zero attached hydrogens (tertiary/aromatic N) is 1. The van der Waals surface area contributed by atoms with E-state index in [-0.39, 0.29) is 12.5 Å². The summed E-state index contributed by atoms with van der Waals surface area (Å²) in [4.78, 5) is 26.4. The first-order chi connectivity index (χ1) is 12.6. The van der Waals surface area contributed by atoms with Gasteiger partial charge in [0.2, 0.25) is 0 Å². The van der Waals surface area contributed by atoms with Crippen LogP contribution in [0.3, 0.4) is 0 Å². The van der Waals surface area contributed by atoms with Gasteiger partial charge < -0.3 is 14.4 Å². The molecule has 136 valence electrons. The monoisotopic (exact) mass is 353 g/mol. The maximum atomic E-state index is 12.3. The van der Waals surface area contributed by atoms with Crippen LogP contribution in [-0.4, -0.2) is 37.0 Å². The highest BCUT2D eigenvalue weighted by atomic mass is 16.5. The minimum absolute atomic E-state index is 0.0674. The maximum absolute atomic E-state index is 12.3. The molecule has 0 aromatic heterocycles. The summed E-state index contributed by atoms with van der Waals surface area (Å²) >= 11 is 0. The van der Waals surface area contributed by atoms with Gasteiger partial charge in [0.1, 0.15) is 12.4 Å². The molecular weight excluding hydrogens is 330 g/mol. The zero-order valence-electron chi connectivity index (χ0n) is 15.2. The van der Waals surface area contributed by atoms with Gasteiger partial charge in [-0.05, 0) is 55.2 Å². The molecule has 1 amide bonds. The quantitative estimate of drug-likeness (QED) is 0.771. The van der Waals surface area contributed by atoms with Gasteiger partial charge in [0.15, 0.2) is 0 Å². The van der Waals surface area contributed by atoms with Gasteiger partial charge in [-0.25, -0.2) is 4.79 Å². The van der Waals surface area contributed by atoms with Crippen molar-refractivity contribution in [2.24, 2.45) is 0 Å². The summed E-state index contributed by atoms with van der Waals surface area (Å²) in [6, 6.07) is 12.5. The molecule has 3 rings (SSSR count). The number of carbonyl (C=O) groups excluding carboxylic acids is 2. The first-order valence-corrected chi connectivity index (χ1v) is 8.78. The molecule has 0 aliphatic carbocycles. The van der Waals surface area contributed by atoms with Crippen LogP contribution in [0, 0.1) is 6.92 Å². The van der Waals surface area contributed by atoms with Crippen molar-refractivity contribution in [1.29, 1.82) is 0 Å². The van der Waals surface area contributed by atoms with E-state index in [1.807, 2.05) is 30.0 Å². The van der Waals surface area contributed by atoms with E-state index >= 15 is 0 Å². The third-order valence-electron chi connectivity index (χ3n) is 4.61. The van der Waals surface area contributed by atoms with Crippen LogP contribution in [0.1, 0.15) is 44.7 Å². The van der Waals surface area contributed by atoms with Crippen LogP contribution in [0.15, 0.2) is 42.5 Å². The topological polar surface area (TPSA) is 55.8 Å². The van der Waals surface area contributed by atoms with Crippen molar-refractivity contribution in [1.82, 2.24) is 4.90 Å². The van der Waals surface area contributed by atoms with Crippen molar-refractivity contribution < 1.29 is 19.1 Å². The van der Waals surface area contributed by atoms with Crippen LogP contribution in [0.4, 0.5) is 0 Å². The number of likely N-dealkylation sites (tertiary alicyclic amines) is 1. The normalized spacial score (nSPS) is 13.5. The molecule has 1 saturated heterocycles. The molecule has 26 heavy (non-hydrogen) atoms. The minimum Gasteiger partial charge on any atom is -0.496 e. The van der Waals surface area contributed by atoms with Crippen LogP contribution >= 0.6 is 0 Å². The Balaban J connectivity index is 1.59. The van der Waals surface area contributed by atoms with Gasteiger partial charge in [-0.3, -0.25) is 4.79 Å². The standard InChI is InChI=1S/C21H23NO4/c1-15-5-8-18(13-19(15)25-2)21(24)26-14-16-6-9-17(10-7-16)20(23)22-11-3-4-12-22/h5-10,13H,3-4,11-12,14H2,1-2H3. The summed E-state index contributed by atoms with van der Waals surface area (Å²) in [6.07, 6.45) is 2.15. The fourth-order valence-corrected chi connectivity index (χ4v) is 3.03.